The summed E-state index contributed by atoms with van der Waals surface area (Å²) in [4.78, 5) is 0. The predicted octanol–water partition coefficient (Wildman–Crippen LogP) is 4.16. The number of hydrogen-bond acceptors (Lipinski definition) is 2. The first-order valence-electron chi connectivity index (χ1n) is 7.57. The monoisotopic (exact) mass is 278 g/mol. The molecule has 1 aliphatic rings. The van der Waals surface area contributed by atoms with Crippen molar-refractivity contribution in [2.75, 3.05) is 13.2 Å². The van der Waals surface area contributed by atoms with Gasteiger partial charge in [0.15, 0.2) is 0 Å². The van der Waals surface area contributed by atoms with Crippen molar-refractivity contribution in [2.24, 2.45) is 5.41 Å². The zero-order chi connectivity index (χ0) is 14.4. The number of aliphatic hydroxyl groups is 1. The summed E-state index contributed by atoms with van der Waals surface area (Å²) in [5.41, 5.74) is 0.348. The Kier molecular flexibility index (Phi) is 6.67. The molecule has 0 aliphatic heterocycles. The second-order valence-electron chi connectivity index (χ2n) is 5.98. The summed E-state index contributed by atoms with van der Waals surface area (Å²) < 4.78 is 32.1. The molecule has 0 aromatic carbocycles. The molecule has 2 nitrogen and oxygen atoms in total. The van der Waals surface area contributed by atoms with E-state index in [1.807, 2.05) is 0 Å². The summed E-state index contributed by atoms with van der Waals surface area (Å²) in [7, 11) is 0. The highest BCUT2D eigenvalue weighted by Gasteiger charge is 2.43. The molecular formula is C15H28F2O2. The number of unbranched alkanes of at least 4 members (excludes halogenated alkanes) is 1. The zero-order valence-corrected chi connectivity index (χ0v) is 12.3. The van der Waals surface area contributed by atoms with Gasteiger partial charge < -0.3 is 9.84 Å². The van der Waals surface area contributed by atoms with Crippen LogP contribution in [0.3, 0.4) is 0 Å². The Labute approximate surface area is 115 Å². The number of halogens is 2. The first-order valence-corrected chi connectivity index (χ1v) is 7.57. The van der Waals surface area contributed by atoms with Gasteiger partial charge in [-0.15, -0.1) is 0 Å². The van der Waals surface area contributed by atoms with Gasteiger partial charge in [-0.1, -0.05) is 33.1 Å². The Morgan fingerprint density at radius 2 is 1.95 bits per heavy atom. The molecular weight excluding hydrogens is 250 g/mol. The highest BCUT2D eigenvalue weighted by molar-refractivity contribution is 4.93. The lowest BCUT2D eigenvalue weighted by atomic mass is 9.62. The first-order chi connectivity index (χ1) is 8.97. The molecule has 0 saturated heterocycles. The third-order valence-corrected chi connectivity index (χ3v) is 4.36. The SMILES string of the molecule is CCCCC1(CC)CC(OCC(F)(F)CCCO)C1. The average molecular weight is 278 g/mol. The van der Waals surface area contributed by atoms with Crippen LogP contribution in [-0.2, 0) is 4.74 Å². The Bertz CT molecular complexity index is 251. The number of ether oxygens (including phenoxy) is 1. The van der Waals surface area contributed by atoms with Gasteiger partial charge in [-0.2, -0.15) is 0 Å². The summed E-state index contributed by atoms with van der Waals surface area (Å²) >= 11 is 0. The van der Waals surface area contributed by atoms with E-state index >= 15 is 0 Å². The molecule has 0 aromatic heterocycles. The van der Waals surface area contributed by atoms with E-state index in [1.54, 1.807) is 0 Å². The van der Waals surface area contributed by atoms with Crippen LogP contribution in [-0.4, -0.2) is 30.3 Å². The van der Waals surface area contributed by atoms with Crippen LogP contribution in [0.2, 0.25) is 0 Å². The summed E-state index contributed by atoms with van der Waals surface area (Å²) in [6, 6.07) is 0. The fourth-order valence-corrected chi connectivity index (χ4v) is 2.89. The molecule has 19 heavy (non-hydrogen) atoms. The van der Waals surface area contributed by atoms with Crippen molar-refractivity contribution in [1.29, 1.82) is 0 Å². The number of aliphatic hydroxyl groups excluding tert-OH is 1. The van der Waals surface area contributed by atoms with E-state index in [-0.39, 0.29) is 25.6 Å². The van der Waals surface area contributed by atoms with Crippen molar-refractivity contribution in [1.82, 2.24) is 0 Å². The molecule has 0 spiro atoms. The van der Waals surface area contributed by atoms with E-state index in [0.717, 1.165) is 19.3 Å². The van der Waals surface area contributed by atoms with Crippen LogP contribution < -0.4 is 0 Å². The van der Waals surface area contributed by atoms with E-state index in [2.05, 4.69) is 13.8 Å². The number of alkyl halides is 2. The van der Waals surface area contributed by atoms with Gasteiger partial charge in [0.05, 0.1) is 6.10 Å². The zero-order valence-electron chi connectivity index (χ0n) is 12.3. The second-order valence-corrected chi connectivity index (χ2v) is 5.98. The minimum atomic E-state index is -2.80. The lowest BCUT2D eigenvalue weighted by molar-refractivity contribution is -0.152. The Balaban J connectivity index is 2.23. The minimum absolute atomic E-state index is 0.0109. The van der Waals surface area contributed by atoms with Gasteiger partial charge in [0.25, 0.3) is 5.92 Å². The molecule has 0 atom stereocenters. The lowest BCUT2D eigenvalue weighted by Crippen LogP contribution is -2.43. The third-order valence-electron chi connectivity index (χ3n) is 4.36. The van der Waals surface area contributed by atoms with Gasteiger partial charge in [0, 0.05) is 13.0 Å². The molecule has 1 saturated carbocycles. The Morgan fingerprint density at radius 1 is 1.26 bits per heavy atom. The van der Waals surface area contributed by atoms with Crippen LogP contribution >= 0.6 is 0 Å². The number of rotatable bonds is 10. The summed E-state index contributed by atoms with van der Waals surface area (Å²) in [6.07, 6.45) is 6.44. The highest BCUT2D eigenvalue weighted by Crippen LogP contribution is 2.49. The summed E-state index contributed by atoms with van der Waals surface area (Å²) in [5.74, 6) is -2.80. The molecule has 4 heteroatoms. The molecule has 1 N–H and O–H groups in total. The lowest BCUT2D eigenvalue weighted by Gasteiger charge is -2.47. The molecule has 1 aliphatic carbocycles. The van der Waals surface area contributed by atoms with E-state index in [4.69, 9.17) is 9.84 Å². The maximum Gasteiger partial charge on any atom is 0.271 e. The van der Waals surface area contributed by atoms with Gasteiger partial charge in [-0.25, -0.2) is 8.78 Å². The molecule has 0 radical (unpaired) electrons. The third kappa shape index (κ3) is 5.35. The van der Waals surface area contributed by atoms with Crippen LogP contribution in [0.1, 0.15) is 65.2 Å². The predicted molar refractivity (Wildman–Crippen MR) is 72.5 cm³/mol. The fraction of sp³-hybridized carbons (Fsp3) is 1.00. The molecule has 1 fully saturated rings. The van der Waals surface area contributed by atoms with E-state index < -0.39 is 12.5 Å². The molecule has 0 unspecified atom stereocenters. The second kappa shape index (κ2) is 7.53. The van der Waals surface area contributed by atoms with Crippen LogP contribution in [0.15, 0.2) is 0 Å². The Hall–Kier alpha value is -0.220. The van der Waals surface area contributed by atoms with E-state index in [1.165, 1.54) is 19.3 Å². The van der Waals surface area contributed by atoms with E-state index in [9.17, 15) is 8.78 Å². The summed E-state index contributed by atoms with van der Waals surface area (Å²) in [5, 5.41) is 8.57. The van der Waals surface area contributed by atoms with Gasteiger partial charge in [0.2, 0.25) is 0 Å². The normalized spacial score (nSPS) is 27.3. The van der Waals surface area contributed by atoms with Crippen molar-refractivity contribution < 1.29 is 18.6 Å². The summed E-state index contributed by atoms with van der Waals surface area (Å²) in [6.45, 7) is 3.68. The first kappa shape index (κ1) is 16.8. The van der Waals surface area contributed by atoms with E-state index in [0.29, 0.717) is 5.41 Å². The molecule has 114 valence electrons. The van der Waals surface area contributed by atoms with Crippen molar-refractivity contribution in [2.45, 2.75) is 77.2 Å². The van der Waals surface area contributed by atoms with Gasteiger partial charge >= 0.3 is 0 Å². The van der Waals surface area contributed by atoms with Crippen molar-refractivity contribution in [3.05, 3.63) is 0 Å². The molecule has 0 heterocycles. The number of hydrogen-bond donors (Lipinski definition) is 1. The maximum absolute atomic E-state index is 13.4. The smallest absolute Gasteiger partial charge is 0.271 e. The van der Waals surface area contributed by atoms with Crippen molar-refractivity contribution in [3.8, 4) is 0 Å². The average Bonchev–Trinajstić information content (AvgIpc) is 2.35. The van der Waals surface area contributed by atoms with Gasteiger partial charge in [-0.3, -0.25) is 0 Å². The van der Waals surface area contributed by atoms with Crippen LogP contribution in [0.5, 0.6) is 0 Å². The van der Waals surface area contributed by atoms with Crippen LogP contribution in [0, 0.1) is 5.41 Å². The minimum Gasteiger partial charge on any atom is -0.396 e. The fourth-order valence-electron chi connectivity index (χ4n) is 2.89. The van der Waals surface area contributed by atoms with Gasteiger partial charge in [-0.05, 0) is 31.1 Å². The topological polar surface area (TPSA) is 29.5 Å². The highest BCUT2D eigenvalue weighted by atomic mass is 19.3. The molecule has 1 rings (SSSR count). The molecule has 0 aromatic rings. The maximum atomic E-state index is 13.4. The molecule has 0 amide bonds. The Morgan fingerprint density at radius 3 is 2.47 bits per heavy atom. The van der Waals surface area contributed by atoms with Gasteiger partial charge in [0.1, 0.15) is 6.61 Å². The quantitative estimate of drug-likeness (QED) is 0.650. The largest absolute Gasteiger partial charge is 0.396 e. The van der Waals surface area contributed by atoms with Crippen molar-refractivity contribution in [3.63, 3.8) is 0 Å². The molecule has 0 bridgehead atoms. The standard InChI is InChI=1S/C15H28F2O2/c1-3-5-7-14(4-2)10-13(11-14)19-12-15(16,17)8-6-9-18/h13,18H,3-12H2,1-2H3. The van der Waals surface area contributed by atoms with Crippen molar-refractivity contribution >= 4 is 0 Å². The van der Waals surface area contributed by atoms with Crippen LogP contribution in [0.25, 0.3) is 0 Å². The van der Waals surface area contributed by atoms with Crippen LogP contribution in [0.4, 0.5) is 8.78 Å².